The van der Waals surface area contributed by atoms with Crippen molar-refractivity contribution in [3.8, 4) is 11.5 Å². The average molecular weight is 343 g/mol. The molecule has 1 aliphatic rings. The van der Waals surface area contributed by atoms with Crippen LogP contribution in [-0.4, -0.2) is 68.1 Å². The summed E-state index contributed by atoms with van der Waals surface area (Å²) >= 11 is 3.49. The lowest BCUT2D eigenvalue weighted by atomic mass is 10.3. The summed E-state index contributed by atoms with van der Waals surface area (Å²) in [6, 6.07) is 7.80. The Kier molecular flexibility index (Phi) is 6.63. The van der Waals surface area contributed by atoms with Crippen molar-refractivity contribution in [2.75, 3.05) is 58.3 Å². The van der Waals surface area contributed by atoms with Gasteiger partial charge in [0.15, 0.2) is 11.5 Å². The molecule has 112 valence electrons. The molecule has 5 heteroatoms. The van der Waals surface area contributed by atoms with E-state index in [0.717, 1.165) is 56.1 Å². The van der Waals surface area contributed by atoms with Crippen LogP contribution in [-0.2, 0) is 0 Å². The maximum Gasteiger partial charge on any atom is 0.161 e. The lowest BCUT2D eigenvalue weighted by Crippen LogP contribution is -2.47. The van der Waals surface area contributed by atoms with Gasteiger partial charge in [0.05, 0.1) is 7.11 Å². The summed E-state index contributed by atoms with van der Waals surface area (Å²) in [4.78, 5) is 4.95. The number of rotatable bonds is 7. The topological polar surface area (TPSA) is 24.9 Å². The Hall–Kier alpha value is -0.780. The molecule has 20 heavy (non-hydrogen) atoms. The third kappa shape index (κ3) is 4.65. The Bertz CT molecular complexity index is 395. The fourth-order valence-corrected chi connectivity index (χ4v) is 2.88. The van der Waals surface area contributed by atoms with Crippen LogP contribution in [0.5, 0.6) is 11.5 Å². The van der Waals surface area contributed by atoms with E-state index in [1.165, 1.54) is 0 Å². The second-order valence-electron chi connectivity index (χ2n) is 4.87. The number of benzene rings is 1. The summed E-state index contributed by atoms with van der Waals surface area (Å²) in [5, 5.41) is 1.06. The molecule has 0 spiro atoms. The first kappa shape index (κ1) is 15.6. The largest absolute Gasteiger partial charge is 0.493 e. The first-order chi connectivity index (χ1) is 9.83. The molecule has 1 aliphatic heterocycles. The van der Waals surface area contributed by atoms with Crippen LogP contribution in [0, 0.1) is 0 Å². The van der Waals surface area contributed by atoms with Crippen molar-refractivity contribution >= 4 is 15.9 Å². The van der Waals surface area contributed by atoms with Gasteiger partial charge in [0.1, 0.15) is 6.61 Å². The normalized spacial score (nSPS) is 17.1. The van der Waals surface area contributed by atoms with Crippen molar-refractivity contribution in [3.63, 3.8) is 0 Å². The third-order valence-corrected chi connectivity index (χ3v) is 3.95. The van der Waals surface area contributed by atoms with Crippen LogP contribution in [0.2, 0.25) is 0 Å². The first-order valence-electron chi connectivity index (χ1n) is 7.10. The highest BCUT2D eigenvalue weighted by Gasteiger charge is 2.15. The number of para-hydroxylation sites is 2. The van der Waals surface area contributed by atoms with Gasteiger partial charge in [-0.15, -0.1) is 0 Å². The third-order valence-electron chi connectivity index (χ3n) is 3.60. The van der Waals surface area contributed by atoms with Crippen LogP contribution in [0.25, 0.3) is 0 Å². The molecule has 1 saturated heterocycles. The molecule has 0 N–H and O–H groups in total. The zero-order chi connectivity index (χ0) is 14.2. The average Bonchev–Trinajstić information content (AvgIpc) is 2.50. The molecule has 0 saturated carbocycles. The maximum atomic E-state index is 5.82. The molecule has 1 aromatic rings. The number of hydrogen-bond donors (Lipinski definition) is 0. The van der Waals surface area contributed by atoms with Crippen molar-refractivity contribution in [2.24, 2.45) is 0 Å². The standard InChI is InChI=1S/C15H23BrN2O2/c1-19-14-4-2-3-5-15(14)20-13-12-18-10-8-17(7-6-16)9-11-18/h2-5H,6-13H2,1H3. The van der Waals surface area contributed by atoms with E-state index in [2.05, 4.69) is 25.7 Å². The van der Waals surface area contributed by atoms with Gasteiger partial charge in [0.25, 0.3) is 0 Å². The number of ether oxygens (including phenoxy) is 2. The molecule has 0 amide bonds. The Labute approximate surface area is 129 Å². The highest BCUT2D eigenvalue weighted by atomic mass is 79.9. The molecule has 0 aromatic heterocycles. The molecule has 1 fully saturated rings. The molecule has 0 unspecified atom stereocenters. The maximum absolute atomic E-state index is 5.82. The number of halogens is 1. The predicted octanol–water partition coefficient (Wildman–Crippen LogP) is 2.09. The number of methoxy groups -OCH3 is 1. The monoisotopic (exact) mass is 342 g/mol. The van der Waals surface area contributed by atoms with E-state index in [9.17, 15) is 0 Å². The summed E-state index contributed by atoms with van der Waals surface area (Å²) in [7, 11) is 1.67. The van der Waals surface area contributed by atoms with Gasteiger partial charge < -0.3 is 9.47 Å². The summed E-state index contributed by atoms with van der Waals surface area (Å²) < 4.78 is 11.1. The summed E-state index contributed by atoms with van der Waals surface area (Å²) in [5.74, 6) is 1.63. The van der Waals surface area contributed by atoms with Gasteiger partial charge in [0.2, 0.25) is 0 Å². The van der Waals surface area contributed by atoms with Gasteiger partial charge in [-0.05, 0) is 12.1 Å². The zero-order valence-corrected chi connectivity index (χ0v) is 13.6. The van der Waals surface area contributed by atoms with Gasteiger partial charge >= 0.3 is 0 Å². The minimum Gasteiger partial charge on any atom is -0.493 e. The highest BCUT2D eigenvalue weighted by molar-refractivity contribution is 9.09. The van der Waals surface area contributed by atoms with Gasteiger partial charge in [-0.3, -0.25) is 9.80 Å². The number of alkyl halides is 1. The van der Waals surface area contributed by atoms with Crippen molar-refractivity contribution in [1.29, 1.82) is 0 Å². The van der Waals surface area contributed by atoms with Crippen molar-refractivity contribution in [2.45, 2.75) is 0 Å². The lowest BCUT2D eigenvalue weighted by Gasteiger charge is -2.34. The molecule has 4 nitrogen and oxygen atoms in total. The summed E-state index contributed by atoms with van der Waals surface area (Å²) in [6.07, 6.45) is 0. The lowest BCUT2D eigenvalue weighted by molar-refractivity contribution is 0.121. The van der Waals surface area contributed by atoms with Gasteiger partial charge in [-0.25, -0.2) is 0 Å². The molecule has 0 atom stereocenters. The van der Waals surface area contributed by atoms with Crippen LogP contribution in [0.1, 0.15) is 0 Å². The van der Waals surface area contributed by atoms with Crippen LogP contribution >= 0.6 is 15.9 Å². The Balaban J connectivity index is 1.69. The summed E-state index contributed by atoms with van der Waals surface area (Å²) in [6.45, 7) is 7.38. The van der Waals surface area contributed by atoms with E-state index in [0.29, 0.717) is 6.61 Å². The van der Waals surface area contributed by atoms with Crippen LogP contribution < -0.4 is 9.47 Å². The number of hydrogen-bond acceptors (Lipinski definition) is 4. The molecule has 1 heterocycles. The SMILES string of the molecule is COc1ccccc1OCCN1CCN(CCBr)CC1. The van der Waals surface area contributed by atoms with Crippen LogP contribution in [0.15, 0.2) is 24.3 Å². The summed E-state index contributed by atoms with van der Waals surface area (Å²) in [5.41, 5.74) is 0. The first-order valence-corrected chi connectivity index (χ1v) is 8.22. The molecule has 2 rings (SSSR count). The zero-order valence-electron chi connectivity index (χ0n) is 12.1. The Morgan fingerprint density at radius 1 is 1.00 bits per heavy atom. The van der Waals surface area contributed by atoms with Crippen LogP contribution in [0.4, 0.5) is 0 Å². The smallest absolute Gasteiger partial charge is 0.161 e. The predicted molar refractivity (Wildman–Crippen MR) is 85.2 cm³/mol. The van der Waals surface area contributed by atoms with E-state index in [-0.39, 0.29) is 0 Å². The Morgan fingerprint density at radius 2 is 1.60 bits per heavy atom. The molecular formula is C15H23BrN2O2. The van der Waals surface area contributed by atoms with E-state index in [1.807, 2.05) is 24.3 Å². The fourth-order valence-electron chi connectivity index (χ4n) is 2.38. The molecular weight excluding hydrogens is 320 g/mol. The van der Waals surface area contributed by atoms with Crippen molar-refractivity contribution < 1.29 is 9.47 Å². The quantitative estimate of drug-likeness (QED) is 0.708. The molecule has 0 aliphatic carbocycles. The second-order valence-corrected chi connectivity index (χ2v) is 5.66. The minimum absolute atomic E-state index is 0.707. The van der Waals surface area contributed by atoms with E-state index >= 15 is 0 Å². The van der Waals surface area contributed by atoms with Crippen molar-refractivity contribution in [1.82, 2.24) is 9.80 Å². The fraction of sp³-hybridized carbons (Fsp3) is 0.600. The minimum atomic E-state index is 0.707. The van der Waals surface area contributed by atoms with E-state index in [4.69, 9.17) is 9.47 Å². The highest BCUT2D eigenvalue weighted by Crippen LogP contribution is 2.25. The van der Waals surface area contributed by atoms with E-state index in [1.54, 1.807) is 7.11 Å². The second kappa shape index (κ2) is 8.49. The van der Waals surface area contributed by atoms with Crippen LogP contribution in [0.3, 0.4) is 0 Å². The van der Waals surface area contributed by atoms with Crippen molar-refractivity contribution in [3.05, 3.63) is 24.3 Å². The van der Waals surface area contributed by atoms with E-state index < -0.39 is 0 Å². The molecule has 0 radical (unpaired) electrons. The molecule has 0 bridgehead atoms. The number of piperazine rings is 1. The number of nitrogens with zero attached hydrogens (tertiary/aromatic N) is 2. The van der Waals surface area contributed by atoms with Gasteiger partial charge in [-0.1, -0.05) is 28.1 Å². The molecule has 1 aromatic carbocycles. The van der Waals surface area contributed by atoms with Gasteiger partial charge in [0, 0.05) is 44.6 Å². The Morgan fingerprint density at radius 3 is 2.20 bits per heavy atom. The van der Waals surface area contributed by atoms with Gasteiger partial charge in [-0.2, -0.15) is 0 Å².